The summed E-state index contributed by atoms with van der Waals surface area (Å²) in [5.74, 6) is 4.42. The fourth-order valence-corrected chi connectivity index (χ4v) is 4.14. The average Bonchev–Trinajstić information content (AvgIpc) is 2.86. The molecule has 0 N–H and O–H groups in total. The lowest BCUT2D eigenvalue weighted by Gasteiger charge is -2.29. The van der Waals surface area contributed by atoms with Gasteiger partial charge in [-0.05, 0) is 55.8 Å². The molecule has 2 fully saturated rings. The molecule has 0 aliphatic heterocycles. The Morgan fingerprint density at radius 3 is 3.00 bits per heavy atom. The van der Waals surface area contributed by atoms with Crippen molar-refractivity contribution in [3.63, 3.8) is 0 Å². The van der Waals surface area contributed by atoms with Gasteiger partial charge in [0.1, 0.15) is 0 Å². The zero-order valence-corrected chi connectivity index (χ0v) is 9.34. The number of rotatable bonds is 2. The van der Waals surface area contributed by atoms with E-state index in [4.69, 9.17) is 0 Å². The molecule has 3 aliphatic carbocycles. The molecule has 0 aromatic carbocycles. The molecule has 0 saturated heterocycles. The Morgan fingerprint density at radius 2 is 2.14 bits per heavy atom. The fourth-order valence-electron chi connectivity index (χ4n) is 4.14. The summed E-state index contributed by atoms with van der Waals surface area (Å²) in [5, 5.41) is 0. The van der Waals surface area contributed by atoms with Crippen LogP contribution in [0.3, 0.4) is 0 Å². The van der Waals surface area contributed by atoms with E-state index < -0.39 is 0 Å². The number of fused-ring (bicyclic) bond motifs is 1. The number of hydrogen-bond donors (Lipinski definition) is 0. The van der Waals surface area contributed by atoms with Crippen molar-refractivity contribution in [2.75, 3.05) is 0 Å². The van der Waals surface area contributed by atoms with Gasteiger partial charge in [-0.2, -0.15) is 0 Å². The first-order valence-corrected chi connectivity index (χ1v) is 6.59. The summed E-state index contributed by atoms with van der Waals surface area (Å²) >= 11 is 0. The van der Waals surface area contributed by atoms with Crippen molar-refractivity contribution in [2.24, 2.45) is 23.7 Å². The van der Waals surface area contributed by atoms with Crippen molar-refractivity contribution < 1.29 is 0 Å². The molecule has 0 heterocycles. The quantitative estimate of drug-likeness (QED) is 0.573. The van der Waals surface area contributed by atoms with Gasteiger partial charge in [0.25, 0.3) is 0 Å². The molecule has 0 radical (unpaired) electrons. The molecular weight excluding hydrogens is 168 g/mol. The summed E-state index contributed by atoms with van der Waals surface area (Å²) in [7, 11) is 0. The van der Waals surface area contributed by atoms with Gasteiger partial charge in [-0.1, -0.05) is 31.4 Å². The van der Waals surface area contributed by atoms with Gasteiger partial charge in [0, 0.05) is 0 Å². The molecular formula is C14H22. The van der Waals surface area contributed by atoms with Crippen LogP contribution in [0, 0.1) is 23.7 Å². The summed E-state index contributed by atoms with van der Waals surface area (Å²) in [5.41, 5.74) is 1.81. The molecule has 3 rings (SSSR count). The second-order valence-electron chi connectivity index (χ2n) is 5.57. The highest BCUT2D eigenvalue weighted by atomic mass is 14.5. The summed E-state index contributed by atoms with van der Waals surface area (Å²) in [6.07, 6.45) is 12.9. The van der Waals surface area contributed by atoms with Crippen LogP contribution in [0.4, 0.5) is 0 Å². The minimum Gasteiger partial charge on any atom is -0.0850 e. The maximum absolute atomic E-state index is 2.54. The van der Waals surface area contributed by atoms with E-state index in [2.05, 4.69) is 13.0 Å². The summed E-state index contributed by atoms with van der Waals surface area (Å²) in [6, 6.07) is 0. The first kappa shape index (κ1) is 9.00. The molecule has 3 aliphatic rings. The Kier molecular flexibility index (Phi) is 2.18. The summed E-state index contributed by atoms with van der Waals surface area (Å²) < 4.78 is 0. The molecule has 0 bridgehead atoms. The van der Waals surface area contributed by atoms with E-state index >= 15 is 0 Å². The normalized spacial score (nSPS) is 45.9. The molecule has 0 nitrogen and oxygen atoms in total. The Bertz CT molecular complexity index is 251. The van der Waals surface area contributed by atoms with Gasteiger partial charge >= 0.3 is 0 Å². The first-order valence-electron chi connectivity index (χ1n) is 6.59. The van der Waals surface area contributed by atoms with E-state index in [1.807, 2.05) is 5.57 Å². The van der Waals surface area contributed by atoms with Crippen molar-refractivity contribution in [2.45, 2.75) is 51.9 Å². The van der Waals surface area contributed by atoms with Crippen molar-refractivity contribution in [1.29, 1.82) is 0 Å². The Morgan fingerprint density at radius 1 is 1.21 bits per heavy atom. The lowest BCUT2D eigenvalue weighted by atomic mass is 9.76. The Labute approximate surface area is 87.8 Å². The number of hydrogen-bond acceptors (Lipinski definition) is 0. The van der Waals surface area contributed by atoms with Crippen molar-refractivity contribution in [1.82, 2.24) is 0 Å². The molecule has 0 heteroatoms. The van der Waals surface area contributed by atoms with E-state index in [9.17, 15) is 0 Å². The Balaban J connectivity index is 1.72. The van der Waals surface area contributed by atoms with Gasteiger partial charge in [-0.25, -0.2) is 0 Å². The minimum absolute atomic E-state index is 1.01. The van der Waals surface area contributed by atoms with Crippen LogP contribution >= 0.6 is 0 Å². The highest BCUT2D eigenvalue weighted by Crippen LogP contribution is 2.57. The monoisotopic (exact) mass is 190 g/mol. The van der Waals surface area contributed by atoms with Gasteiger partial charge < -0.3 is 0 Å². The molecule has 3 unspecified atom stereocenters. The van der Waals surface area contributed by atoms with E-state index in [0.29, 0.717) is 0 Å². The maximum Gasteiger partial charge on any atom is -0.0169 e. The first-order chi connectivity index (χ1) is 6.90. The summed E-state index contributed by atoms with van der Waals surface area (Å²) in [6.45, 7) is 2.34. The second kappa shape index (κ2) is 3.40. The topological polar surface area (TPSA) is 0 Å². The second-order valence-corrected chi connectivity index (χ2v) is 5.57. The van der Waals surface area contributed by atoms with Gasteiger partial charge in [-0.15, -0.1) is 0 Å². The van der Waals surface area contributed by atoms with Gasteiger partial charge in [0.2, 0.25) is 0 Å². The van der Waals surface area contributed by atoms with Crippen LogP contribution in [-0.2, 0) is 0 Å². The van der Waals surface area contributed by atoms with Gasteiger partial charge in [-0.3, -0.25) is 0 Å². The number of allylic oxidation sites excluding steroid dienone is 2. The smallest absolute Gasteiger partial charge is 0.0169 e. The van der Waals surface area contributed by atoms with E-state index in [1.165, 1.54) is 25.7 Å². The maximum atomic E-state index is 2.54. The van der Waals surface area contributed by atoms with Crippen LogP contribution in [0.2, 0.25) is 0 Å². The molecule has 0 aromatic heterocycles. The van der Waals surface area contributed by atoms with Crippen molar-refractivity contribution in [3.05, 3.63) is 11.6 Å². The van der Waals surface area contributed by atoms with Crippen LogP contribution in [0.1, 0.15) is 51.9 Å². The largest absolute Gasteiger partial charge is 0.0850 e. The predicted molar refractivity (Wildman–Crippen MR) is 60.0 cm³/mol. The van der Waals surface area contributed by atoms with Crippen molar-refractivity contribution in [3.8, 4) is 0 Å². The van der Waals surface area contributed by atoms with Crippen LogP contribution in [0.25, 0.3) is 0 Å². The van der Waals surface area contributed by atoms with Gasteiger partial charge in [0.15, 0.2) is 0 Å². The predicted octanol–water partition coefficient (Wildman–Crippen LogP) is 4.17. The van der Waals surface area contributed by atoms with E-state index in [-0.39, 0.29) is 0 Å². The minimum atomic E-state index is 1.01. The fraction of sp³-hybridized carbons (Fsp3) is 0.857. The van der Waals surface area contributed by atoms with Gasteiger partial charge in [0.05, 0.1) is 0 Å². The van der Waals surface area contributed by atoms with Crippen LogP contribution in [-0.4, -0.2) is 0 Å². The highest BCUT2D eigenvalue weighted by molar-refractivity contribution is 5.16. The van der Waals surface area contributed by atoms with Crippen molar-refractivity contribution >= 4 is 0 Å². The molecule has 2 saturated carbocycles. The molecule has 14 heavy (non-hydrogen) atoms. The molecule has 0 spiro atoms. The molecule has 0 aromatic rings. The average molecular weight is 190 g/mol. The van der Waals surface area contributed by atoms with Crippen LogP contribution < -0.4 is 0 Å². The highest BCUT2D eigenvalue weighted by Gasteiger charge is 2.48. The molecule has 0 amide bonds. The Hall–Kier alpha value is -0.260. The summed E-state index contributed by atoms with van der Waals surface area (Å²) in [4.78, 5) is 0. The lowest BCUT2D eigenvalue weighted by Crippen LogP contribution is -2.20. The van der Waals surface area contributed by atoms with E-state index in [1.54, 1.807) is 19.3 Å². The lowest BCUT2D eigenvalue weighted by molar-refractivity contribution is 0.253. The van der Waals surface area contributed by atoms with E-state index in [0.717, 1.165) is 23.7 Å². The third kappa shape index (κ3) is 1.34. The third-order valence-corrected chi connectivity index (χ3v) is 4.93. The van der Waals surface area contributed by atoms with Crippen LogP contribution in [0.5, 0.6) is 0 Å². The standard InChI is InChI=1S/C14H22/c1-2-10-5-3-7-12(10)13-8-4-6-11-9-14(11)13/h5,11-14H,2-4,6-9H2,1H3/t11?,12?,13?,14-/m0/s1. The van der Waals surface area contributed by atoms with Crippen LogP contribution in [0.15, 0.2) is 11.6 Å². The SMILES string of the molecule is CCC1=CCCC1C1CCCC2C[C@@H]21. The molecule has 4 atom stereocenters. The molecule has 78 valence electrons. The zero-order valence-electron chi connectivity index (χ0n) is 9.34. The zero-order chi connectivity index (χ0) is 9.54. The third-order valence-electron chi connectivity index (χ3n) is 4.93.